The Morgan fingerprint density at radius 1 is 0.962 bits per heavy atom. The van der Waals surface area contributed by atoms with Crippen molar-refractivity contribution in [2.45, 2.75) is 6.04 Å². The molecule has 0 bridgehead atoms. The van der Waals surface area contributed by atoms with Crippen LogP contribution < -0.4 is 0 Å². The van der Waals surface area contributed by atoms with E-state index < -0.39 is 6.04 Å². The van der Waals surface area contributed by atoms with Crippen molar-refractivity contribution in [3.63, 3.8) is 0 Å². The van der Waals surface area contributed by atoms with Crippen molar-refractivity contribution < 1.29 is 19.1 Å². The molecular weight excluding hydrogens is 338 g/mol. The Hall–Kier alpha value is -1.71. The van der Waals surface area contributed by atoms with Gasteiger partial charge in [-0.1, -0.05) is 0 Å². The van der Waals surface area contributed by atoms with Gasteiger partial charge in [-0.3, -0.25) is 19.3 Å². The van der Waals surface area contributed by atoms with Crippen LogP contribution in [-0.4, -0.2) is 134 Å². The summed E-state index contributed by atoms with van der Waals surface area (Å²) in [4.78, 5) is 46.3. The maximum absolute atomic E-state index is 12.9. The van der Waals surface area contributed by atoms with Crippen LogP contribution in [0.2, 0.25) is 0 Å². The summed E-state index contributed by atoms with van der Waals surface area (Å²) in [5.41, 5.74) is 0. The van der Waals surface area contributed by atoms with Crippen molar-refractivity contribution in [1.29, 1.82) is 0 Å². The Kier molecular flexibility index (Phi) is 6.44. The van der Waals surface area contributed by atoms with Crippen LogP contribution in [0, 0.1) is 0 Å². The Morgan fingerprint density at radius 3 is 2.31 bits per heavy atom. The molecule has 0 aromatic carbocycles. The van der Waals surface area contributed by atoms with Gasteiger partial charge in [0.2, 0.25) is 18.2 Å². The number of morpholine rings is 1. The summed E-state index contributed by atoms with van der Waals surface area (Å²) >= 11 is 0. The predicted octanol–water partition coefficient (Wildman–Crippen LogP) is -2.24. The second-order valence-electron chi connectivity index (χ2n) is 7.22. The number of rotatable bonds is 4. The number of hydrogen-bond acceptors (Lipinski definition) is 6. The molecule has 3 aliphatic rings. The van der Waals surface area contributed by atoms with Gasteiger partial charge in [-0.25, -0.2) is 0 Å². The Labute approximate surface area is 154 Å². The van der Waals surface area contributed by atoms with Crippen LogP contribution in [0.15, 0.2) is 0 Å². The standard InChI is InChI=1S/C17H29N5O4/c1-18-2-5-21(6-3-18)17(25)15-12-19(4-7-22(15)14-23)13-16(24)20-8-10-26-11-9-20/h14-15H,2-13H2,1H3. The van der Waals surface area contributed by atoms with E-state index in [0.717, 1.165) is 19.5 Å². The summed E-state index contributed by atoms with van der Waals surface area (Å²) < 4.78 is 5.29. The summed E-state index contributed by atoms with van der Waals surface area (Å²) in [6.45, 7) is 7.26. The summed E-state index contributed by atoms with van der Waals surface area (Å²) in [6.07, 6.45) is 0.764. The maximum atomic E-state index is 12.9. The summed E-state index contributed by atoms with van der Waals surface area (Å²) in [7, 11) is 2.04. The lowest BCUT2D eigenvalue weighted by atomic mass is 10.1. The van der Waals surface area contributed by atoms with E-state index in [4.69, 9.17) is 4.74 Å². The van der Waals surface area contributed by atoms with Crippen molar-refractivity contribution in [3.05, 3.63) is 0 Å². The molecule has 1 unspecified atom stereocenters. The van der Waals surface area contributed by atoms with Crippen molar-refractivity contribution in [2.24, 2.45) is 0 Å². The normalized spacial score (nSPS) is 26.0. The third kappa shape index (κ3) is 4.52. The van der Waals surface area contributed by atoms with Crippen LogP contribution in [0.25, 0.3) is 0 Å². The molecule has 0 aliphatic carbocycles. The minimum atomic E-state index is -0.498. The number of nitrogens with zero attached hydrogens (tertiary/aromatic N) is 5. The first kappa shape index (κ1) is 19.1. The average Bonchev–Trinajstić information content (AvgIpc) is 2.68. The van der Waals surface area contributed by atoms with Gasteiger partial charge in [-0.15, -0.1) is 0 Å². The zero-order chi connectivity index (χ0) is 18.5. The lowest BCUT2D eigenvalue weighted by molar-refractivity contribution is -0.147. The maximum Gasteiger partial charge on any atom is 0.246 e. The third-order valence-electron chi connectivity index (χ3n) is 5.46. The van der Waals surface area contributed by atoms with Crippen LogP contribution in [0.1, 0.15) is 0 Å². The minimum Gasteiger partial charge on any atom is -0.378 e. The molecule has 9 heteroatoms. The highest BCUT2D eigenvalue weighted by molar-refractivity contribution is 5.84. The fraction of sp³-hybridized carbons (Fsp3) is 0.824. The number of hydrogen-bond donors (Lipinski definition) is 0. The van der Waals surface area contributed by atoms with E-state index in [-0.39, 0.29) is 11.8 Å². The first-order chi connectivity index (χ1) is 12.6. The van der Waals surface area contributed by atoms with E-state index in [0.29, 0.717) is 65.6 Å². The number of amides is 3. The second kappa shape index (κ2) is 8.79. The third-order valence-corrected chi connectivity index (χ3v) is 5.46. The van der Waals surface area contributed by atoms with Crippen molar-refractivity contribution in [2.75, 3.05) is 85.7 Å². The molecular formula is C17H29N5O4. The van der Waals surface area contributed by atoms with Crippen LogP contribution in [0.3, 0.4) is 0 Å². The van der Waals surface area contributed by atoms with Gasteiger partial charge >= 0.3 is 0 Å². The molecule has 0 aromatic rings. The molecule has 3 rings (SSSR count). The van der Waals surface area contributed by atoms with Gasteiger partial charge in [0, 0.05) is 58.9 Å². The molecule has 3 heterocycles. The number of carbonyl (C=O) groups is 3. The lowest BCUT2D eigenvalue weighted by Crippen LogP contribution is -2.62. The quantitative estimate of drug-likeness (QED) is 0.523. The van der Waals surface area contributed by atoms with Crippen molar-refractivity contribution in [1.82, 2.24) is 24.5 Å². The Balaban J connectivity index is 1.58. The van der Waals surface area contributed by atoms with Gasteiger partial charge in [0.1, 0.15) is 6.04 Å². The van der Waals surface area contributed by atoms with E-state index in [1.54, 1.807) is 4.90 Å². The Morgan fingerprint density at radius 2 is 1.65 bits per heavy atom. The van der Waals surface area contributed by atoms with Gasteiger partial charge in [0.15, 0.2) is 0 Å². The molecule has 3 aliphatic heterocycles. The molecule has 1 atom stereocenters. The summed E-state index contributed by atoms with van der Waals surface area (Å²) in [5.74, 6) is 0.0624. The highest BCUT2D eigenvalue weighted by atomic mass is 16.5. The van der Waals surface area contributed by atoms with Gasteiger partial charge in [0.05, 0.1) is 19.8 Å². The smallest absolute Gasteiger partial charge is 0.246 e. The first-order valence-electron chi connectivity index (χ1n) is 9.34. The van der Waals surface area contributed by atoms with Crippen LogP contribution in [0.4, 0.5) is 0 Å². The highest BCUT2D eigenvalue weighted by Gasteiger charge is 2.36. The predicted molar refractivity (Wildman–Crippen MR) is 94.5 cm³/mol. The van der Waals surface area contributed by atoms with E-state index in [1.807, 2.05) is 21.7 Å². The molecule has 0 radical (unpaired) electrons. The lowest BCUT2D eigenvalue weighted by Gasteiger charge is -2.42. The number of likely N-dealkylation sites (N-methyl/N-ethyl adjacent to an activating group) is 1. The number of ether oxygens (including phenoxy) is 1. The molecule has 0 aromatic heterocycles. The molecule has 0 saturated carbocycles. The van der Waals surface area contributed by atoms with Crippen LogP contribution >= 0.6 is 0 Å². The molecule has 0 N–H and O–H groups in total. The molecule has 3 amide bonds. The summed E-state index contributed by atoms with van der Waals surface area (Å²) in [6, 6.07) is -0.498. The highest BCUT2D eigenvalue weighted by Crippen LogP contribution is 2.13. The molecule has 3 fully saturated rings. The van der Waals surface area contributed by atoms with E-state index in [2.05, 4.69) is 4.90 Å². The van der Waals surface area contributed by atoms with Crippen molar-refractivity contribution >= 4 is 18.2 Å². The van der Waals surface area contributed by atoms with Crippen molar-refractivity contribution in [3.8, 4) is 0 Å². The molecule has 146 valence electrons. The van der Waals surface area contributed by atoms with Gasteiger partial charge in [-0.2, -0.15) is 0 Å². The van der Waals surface area contributed by atoms with Gasteiger partial charge in [0.25, 0.3) is 0 Å². The van der Waals surface area contributed by atoms with Gasteiger partial charge < -0.3 is 24.3 Å². The molecule has 0 spiro atoms. The molecule has 9 nitrogen and oxygen atoms in total. The zero-order valence-electron chi connectivity index (χ0n) is 15.5. The largest absolute Gasteiger partial charge is 0.378 e. The number of piperazine rings is 2. The molecule has 26 heavy (non-hydrogen) atoms. The second-order valence-corrected chi connectivity index (χ2v) is 7.22. The fourth-order valence-electron chi connectivity index (χ4n) is 3.68. The number of carbonyl (C=O) groups excluding carboxylic acids is 3. The topological polar surface area (TPSA) is 76.6 Å². The van der Waals surface area contributed by atoms with E-state index >= 15 is 0 Å². The first-order valence-corrected chi connectivity index (χ1v) is 9.34. The van der Waals surface area contributed by atoms with Gasteiger partial charge in [-0.05, 0) is 7.05 Å². The SMILES string of the molecule is CN1CCN(C(=O)C2CN(CC(=O)N3CCOCC3)CCN2C=O)CC1. The van der Waals surface area contributed by atoms with Crippen LogP contribution in [0.5, 0.6) is 0 Å². The average molecular weight is 367 g/mol. The summed E-state index contributed by atoms with van der Waals surface area (Å²) in [5, 5.41) is 0. The van der Waals surface area contributed by atoms with E-state index in [1.165, 1.54) is 0 Å². The Bertz CT molecular complexity index is 517. The van der Waals surface area contributed by atoms with Crippen LogP contribution in [-0.2, 0) is 19.1 Å². The zero-order valence-corrected chi connectivity index (χ0v) is 15.5. The monoisotopic (exact) mass is 367 g/mol. The fourth-order valence-corrected chi connectivity index (χ4v) is 3.68. The minimum absolute atomic E-state index is 0.00581. The van der Waals surface area contributed by atoms with E-state index in [9.17, 15) is 14.4 Å². The molecule has 3 saturated heterocycles.